The van der Waals surface area contributed by atoms with Gasteiger partial charge in [0.05, 0.1) is 14.2 Å². The van der Waals surface area contributed by atoms with E-state index >= 15 is 0 Å². The van der Waals surface area contributed by atoms with Gasteiger partial charge in [-0.3, -0.25) is 0 Å². The number of methoxy groups -OCH3 is 2. The second kappa shape index (κ2) is 9.05. The van der Waals surface area contributed by atoms with Crippen molar-refractivity contribution in [1.29, 1.82) is 0 Å². The summed E-state index contributed by atoms with van der Waals surface area (Å²) < 4.78 is 23.9. The molecule has 6 heteroatoms. The molecule has 34 heavy (non-hydrogen) atoms. The summed E-state index contributed by atoms with van der Waals surface area (Å²) in [6, 6.07) is 12.1. The number of hydrogen-bond acceptors (Lipinski definition) is 5. The van der Waals surface area contributed by atoms with E-state index in [9.17, 15) is 9.90 Å². The van der Waals surface area contributed by atoms with Gasteiger partial charge in [0.25, 0.3) is 0 Å². The lowest BCUT2D eigenvalue weighted by atomic mass is 9.51. The molecule has 2 fully saturated rings. The average molecular weight is 467 g/mol. The zero-order valence-corrected chi connectivity index (χ0v) is 20.1. The number of carboxylic acids is 1. The van der Waals surface area contributed by atoms with Gasteiger partial charge in [0, 0.05) is 34.6 Å². The van der Waals surface area contributed by atoms with Crippen molar-refractivity contribution >= 4 is 5.97 Å². The van der Waals surface area contributed by atoms with E-state index in [1.807, 2.05) is 18.2 Å². The second-order valence-corrected chi connectivity index (χ2v) is 9.91. The van der Waals surface area contributed by atoms with Crippen molar-refractivity contribution in [3.8, 4) is 23.0 Å². The Hall–Kier alpha value is -2.89. The number of fused-ring (bicyclic) bond motifs is 4. The maximum atomic E-state index is 11.4. The zero-order valence-electron chi connectivity index (χ0n) is 20.1. The Morgan fingerprint density at radius 3 is 2.32 bits per heavy atom. The van der Waals surface area contributed by atoms with Crippen LogP contribution in [0.3, 0.4) is 0 Å². The third-order valence-corrected chi connectivity index (χ3v) is 8.28. The van der Waals surface area contributed by atoms with Crippen molar-refractivity contribution in [1.82, 2.24) is 0 Å². The van der Waals surface area contributed by atoms with Crippen LogP contribution in [-0.4, -0.2) is 31.9 Å². The number of carbonyl (C=O) groups is 1. The van der Waals surface area contributed by atoms with Crippen molar-refractivity contribution in [3.05, 3.63) is 47.5 Å². The molecule has 1 heterocycles. The summed E-state index contributed by atoms with van der Waals surface area (Å²) in [5.41, 5.74) is 1.67. The predicted molar refractivity (Wildman–Crippen MR) is 128 cm³/mol. The molecule has 0 aromatic heterocycles. The van der Waals surface area contributed by atoms with E-state index in [1.54, 1.807) is 20.3 Å². The van der Waals surface area contributed by atoms with Crippen LogP contribution in [0, 0.1) is 5.92 Å². The van der Waals surface area contributed by atoms with E-state index in [0.717, 1.165) is 49.2 Å². The molecule has 2 saturated carbocycles. The van der Waals surface area contributed by atoms with E-state index < -0.39 is 18.2 Å². The predicted octanol–water partition coefficient (Wildman–Crippen LogP) is 5.85. The molecule has 0 saturated heterocycles. The van der Waals surface area contributed by atoms with Crippen LogP contribution in [0.4, 0.5) is 0 Å². The Kier molecular flexibility index (Phi) is 6.09. The fraction of sp³-hybridized carbons (Fsp3) is 0.536. The van der Waals surface area contributed by atoms with Crippen molar-refractivity contribution in [2.45, 2.75) is 68.8 Å². The first kappa shape index (κ1) is 22.9. The van der Waals surface area contributed by atoms with Gasteiger partial charge in [-0.2, -0.15) is 0 Å². The molecule has 1 N–H and O–H groups in total. The molecule has 0 unspecified atom stereocenters. The number of aliphatic carboxylic acids is 1. The molecule has 0 radical (unpaired) electrons. The van der Waals surface area contributed by atoms with E-state index in [-0.39, 0.29) is 11.3 Å². The lowest BCUT2D eigenvalue weighted by Crippen LogP contribution is -2.57. The van der Waals surface area contributed by atoms with Gasteiger partial charge < -0.3 is 24.1 Å². The Labute approximate surface area is 201 Å². The molecule has 1 aliphatic heterocycles. The maximum absolute atomic E-state index is 11.4. The molecule has 2 aliphatic carbocycles. The summed E-state index contributed by atoms with van der Waals surface area (Å²) in [5, 5.41) is 9.32. The molecule has 182 valence electrons. The molecular formula is C28H34O6. The number of hydrogen-bond donors (Lipinski definition) is 1. The largest absolute Gasteiger partial charge is 0.497 e. The average Bonchev–Trinajstić information content (AvgIpc) is 2.87. The highest BCUT2D eigenvalue weighted by atomic mass is 16.5. The summed E-state index contributed by atoms with van der Waals surface area (Å²) in [5.74, 6) is 2.13. The summed E-state index contributed by atoms with van der Waals surface area (Å²) in [6.45, 7) is -0.406. The van der Waals surface area contributed by atoms with E-state index in [4.69, 9.17) is 18.9 Å². The Morgan fingerprint density at radius 1 is 0.941 bits per heavy atom. The van der Waals surface area contributed by atoms with Crippen molar-refractivity contribution in [2.24, 2.45) is 5.92 Å². The van der Waals surface area contributed by atoms with Gasteiger partial charge in [0.2, 0.25) is 0 Å². The molecule has 0 amide bonds. The van der Waals surface area contributed by atoms with Crippen LogP contribution < -0.4 is 18.9 Å². The second-order valence-electron chi connectivity index (χ2n) is 9.91. The van der Waals surface area contributed by atoms with Crippen LogP contribution in [0.5, 0.6) is 23.0 Å². The standard InChI is InChI=1S/C28H34O6/c1-31-19-10-12-22(23(16-19)33-18-26(29)30)28-15-7-4-8-25(28)27(13-5-3-6-14-27)21-11-9-20(32-2)17-24(21)34-28/h9-12,16-17,25H,3-8,13-15,18H2,1-2H3,(H,29,30)/t25-,28+/m0/s1. The minimum Gasteiger partial charge on any atom is -0.497 e. The SMILES string of the molecule is COc1ccc2c(c1)O[C@@]1(c3ccc(OC)cc3OCC(=O)O)CCCC[C@H]1C21CCCCC1. The molecular weight excluding hydrogens is 432 g/mol. The van der Waals surface area contributed by atoms with E-state index in [0.29, 0.717) is 11.5 Å². The number of rotatable bonds is 6. The fourth-order valence-electron chi connectivity index (χ4n) is 6.91. The van der Waals surface area contributed by atoms with Gasteiger partial charge in [-0.05, 0) is 50.3 Å². The first-order chi connectivity index (χ1) is 16.5. The molecule has 2 aromatic carbocycles. The van der Waals surface area contributed by atoms with Gasteiger partial charge in [0.1, 0.15) is 28.6 Å². The molecule has 3 aliphatic rings. The van der Waals surface area contributed by atoms with Crippen LogP contribution >= 0.6 is 0 Å². The molecule has 6 nitrogen and oxygen atoms in total. The first-order valence-electron chi connectivity index (χ1n) is 12.4. The van der Waals surface area contributed by atoms with E-state index in [1.165, 1.54) is 31.2 Å². The zero-order chi connectivity index (χ0) is 23.8. The highest BCUT2D eigenvalue weighted by Gasteiger charge is 2.59. The molecule has 2 aromatic rings. The smallest absolute Gasteiger partial charge is 0.341 e. The van der Waals surface area contributed by atoms with Gasteiger partial charge in [-0.1, -0.05) is 31.7 Å². The minimum absolute atomic E-state index is 0.0303. The number of benzene rings is 2. The lowest BCUT2D eigenvalue weighted by Gasteiger charge is -2.58. The van der Waals surface area contributed by atoms with E-state index in [2.05, 4.69) is 12.1 Å². The Morgan fingerprint density at radius 2 is 1.62 bits per heavy atom. The molecule has 5 rings (SSSR count). The van der Waals surface area contributed by atoms with Crippen molar-refractivity contribution < 1.29 is 28.8 Å². The third-order valence-electron chi connectivity index (χ3n) is 8.28. The van der Waals surface area contributed by atoms with Gasteiger partial charge in [0.15, 0.2) is 6.61 Å². The summed E-state index contributed by atoms with van der Waals surface area (Å²) in [7, 11) is 3.29. The van der Waals surface area contributed by atoms with Gasteiger partial charge in [-0.25, -0.2) is 4.79 Å². The summed E-state index contributed by atoms with van der Waals surface area (Å²) in [6.07, 6.45) is 10.1. The fourth-order valence-corrected chi connectivity index (χ4v) is 6.91. The van der Waals surface area contributed by atoms with Crippen LogP contribution in [-0.2, 0) is 15.8 Å². The Bertz CT molecular complexity index is 1060. The van der Waals surface area contributed by atoms with Crippen LogP contribution in [0.1, 0.15) is 68.9 Å². The Balaban J connectivity index is 1.71. The van der Waals surface area contributed by atoms with Gasteiger partial charge in [-0.15, -0.1) is 0 Å². The normalized spacial score (nSPS) is 24.9. The highest BCUT2D eigenvalue weighted by Crippen LogP contribution is 2.64. The minimum atomic E-state index is -1.00. The van der Waals surface area contributed by atoms with Gasteiger partial charge >= 0.3 is 5.97 Å². The topological polar surface area (TPSA) is 74.2 Å². The van der Waals surface area contributed by atoms with Crippen LogP contribution in [0.15, 0.2) is 36.4 Å². The molecule has 2 atom stereocenters. The quantitative estimate of drug-likeness (QED) is 0.576. The first-order valence-corrected chi connectivity index (χ1v) is 12.4. The number of carboxylic acid groups (broad SMARTS) is 1. The summed E-state index contributed by atoms with van der Waals surface area (Å²) >= 11 is 0. The van der Waals surface area contributed by atoms with Crippen LogP contribution in [0.25, 0.3) is 0 Å². The number of ether oxygens (including phenoxy) is 4. The molecule has 0 bridgehead atoms. The monoisotopic (exact) mass is 466 g/mol. The van der Waals surface area contributed by atoms with Crippen molar-refractivity contribution in [3.63, 3.8) is 0 Å². The molecule has 1 spiro atoms. The highest BCUT2D eigenvalue weighted by molar-refractivity contribution is 5.68. The maximum Gasteiger partial charge on any atom is 0.341 e. The lowest BCUT2D eigenvalue weighted by molar-refractivity contribution is -0.139. The summed E-state index contributed by atoms with van der Waals surface area (Å²) in [4.78, 5) is 11.4. The van der Waals surface area contributed by atoms with Crippen molar-refractivity contribution in [2.75, 3.05) is 20.8 Å². The third kappa shape index (κ3) is 3.68. The van der Waals surface area contributed by atoms with Crippen LogP contribution in [0.2, 0.25) is 0 Å².